The first-order valence-electron chi connectivity index (χ1n) is 8.25. The molecule has 3 fully saturated rings. The molecule has 2 heterocycles. The van der Waals surface area contributed by atoms with E-state index in [4.69, 9.17) is 0 Å². The molecule has 2 atom stereocenters. The Morgan fingerprint density at radius 2 is 2.14 bits per heavy atom. The van der Waals surface area contributed by atoms with Gasteiger partial charge in [0.05, 0.1) is 0 Å². The van der Waals surface area contributed by atoms with Gasteiger partial charge in [-0.25, -0.2) is 0 Å². The highest BCUT2D eigenvalue weighted by Gasteiger charge is 2.48. The van der Waals surface area contributed by atoms with Crippen LogP contribution in [0.15, 0.2) is 0 Å². The van der Waals surface area contributed by atoms with Crippen molar-refractivity contribution < 1.29 is 4.79 Å². The Hall–Kier alpha value is -1.46. The van der Waals surface area contributed by atoms with Gasteiger partial charge in [-0.1, -0.05) is 18.1 Å². The number of aromatic amines is 1. The van der Waals surface area contributed by atoms with Gasteiger partial charge in [0.1, 0.15) is 0 Å². The average Bonchev–Trinajstić information content (AvgIpc) is 2.89. The van der Waals surface area contributed by atoms with E-state index >= 15 is 0 Å². The van der Waals surface area contributed by atoms with Gasteiger partial charge in [0, 0.05) is 30.8 Å². The van der Waals surface area contributed by atoms with Crippen LogP contribution in [0, 0.1) is 11.3 Å². The van der Waals surface area contributed by atoms with E-state index in [2.05, 4.69) is 25.5 Å². The predicted molar refractivity (Wildman–Crippen MR) is 76.4 cm³/mol. The zero-order valence-electron chi connectivity index (χ0n) is 12.4. The number of H-pyrrole nitrogens is 1. The SMILES string of the molecule is O=C(CC1CCCC(c2nn[nH]n2)C1)N1CC2(CCC2)C1. The van der Waals surface area contributed by atoms with Crippen molar-refractivity contribution in [2.24, 2.45) is 11.3 Å². The number of rotatable bonds is 3. The molecule has 1 aromatic heterocycles. The number of aromatic nitrogens is 4. The molecule has 0 radical (unpaired) electrons. The molecule has 6 heteroatoms. The van der Waals surface area contributed by atoms with Gasteiger partial charge in [-0.15, -0.1) is 10.2 Å². The highest BCUT2D eigenvalue weighted by Crippen LogP contribution is 2.48. The lowest BCUT2D eigenvalue weighted by Crippen LogP contribution is -2.61. The highest BCUT2D eigenvalue weighted by atomic mass is 16.2. The summed E-state index contributed by atoms with van der Waals surface area (Å²) in [5, 5.41) is 14.4. The summed E-state index contributed by atoms with van der Waals surface area (Å²) in [6.07, 6.45) is 9.23. The Bertz CT molecular complexity index is 502. The number of carbonyl (C=O) groups is 1. The largest absolute Gasteiger partial charge is 0.341 e. The van der Waals surface area contributed by atoms with Gasteiger partial charge < -0.3 is 4.90 Å². The standard InChI is InChI=1S/C15H23N5O/c21-13(20-9-15(10-20)5-2-6-15)8-11-3-1-4-12(7-11)14-16-18-19-17-14/h11-12H,1-10H2,(H,16,17,18,19). The van der Waals surface area contributed by atoms with E-state index in [-0.39, 0.29) is 0 Å². The first kappa shape index (κ1) is 13.2. The minimum atomic E-state index is 0.367. The van der Waals surface area contributed by atoms with E-state index in [1.807, 2.05) is 0 Å². The summed E-state index contributed by atoms with van der Waals surface area (Å²) < 4.78 is 0. The fourth-order valence-electron chi connectivity index (χ4n) is 4.36. The number of amides is 1. The van der Waals surface area contributed by atoms with Crippen LogP contribution in [-0.4, -0.2) is 44.5 Å². The van der Waals surface area contributed by atoms with E-state index in [1.54, 1.807) is 0 Å². The van der Waals surface area contributed by atoms with E-state index < -0.39 is 0 Å². The Kier molecular flexibility index (Phi) is 3.19. The summed E-state index contributed by atoms with van der Waals surface area (Å²) in [4.78, 5) is 14.5. The molecule has 2 saturated carbocycles. The van der Waals surface area contributed by atoms with Crippen molar-refractivity contribution in [1.82, 2.24) is 25.5 Å². The fraction of sp³-hybridized carbons (Fsp3) is 0.867. The van der Waals surface area contributed by atoms with Crippen LogP contribution in [0.4, 0.5) is 0 Å². The third-order valence-electron chi connectivity index (χ3n) is 5.79. The number of carbonyl (C=O) groups excluding carboxylic acids is 1. The minimum Gasteiger partial charge on any atom is -0.341 e. The molecule has 1 spiro atoms. The number of nitrogens with zero attached hydrogens (tertiary/aromatic N) is 4. The Labute approximate surface area is 124 Å². The lowest BCUT2D eigenvalue weighted by molar-refractivity contribution is -0.150. The van der Waals surface area contributed by atoms with Crippen LogP contribution >= 0.6 is 0 Å². The number of tetrazole rings is 1. The molecular formula is C15H23N5O. The molecule has 1 aliphatic heterocycles. The summed E-state index contributed by atoms with van der Waals surface area (Å²) in [6, 6.07) is 0. The predicted octanol–water partition coefficient (Wildman–Crippen LogP) is 1.88. The van der Waals surface area contributed by atoms with Crippen LogP contribution in [0.5, 0.6) is 0 Å². The molecule has 1 saturated heterocycles. The fourth-order valence-corrected chi connectivity index (χ4v) is 4.36. The molecule has 2 unspecified atom stereocenters. The van der Waals surface area contributed by atoms with Crippen LogP contribution in [0.3, 0.4) is 0 Å². The van der Waals surface area contributed by atoms with Crippen molar-refractivity contribution in [3.63, 3.8) is 0 Å². The van der Waals surface area contributed by atoms with Gasteiger partial charge in [-0.2, -0.15) is 5.21 Å². The van der Waals surface area contributed by atoms with Crippen LogP contribution < -0.4 is 0 Å². The average molecular weight is 289 g/mol. The van der Waals surface area contributed by atoms with Crippen molar-refractivity contribution in [3.8, 4) is 0 Å². The third kappa shape index (κ3) is 2.45. The van der Waals surface area contributed by atoms with Gasteiger partial charge in [-0.3, -0.25) is 4.79 Å². The van der Waals surface area contributed by atoms with E-state index in [0.29, 0.717) is 29.6 Å². The smallest absolute Gasteiger partial charge is 0.222 e. The maximum Gasteiger partial charge on any atom is 0.222 e. The molecule has 6 nitrogen and oxygen atoms in total. The third-order valence-corrected chi connectivity index (χ3v) is 5.79. The van der Waals surface area contributed by atoms with Crippen molar-refractivity contribution in [2.45, 2.75) is 57.3 Å². The van der Waals surface area contributed by atoms with Crippen molar-refractivity contribution in [1.29, 1.82) is 0 Å². The Morgan fingerprint density at radius 1 is 1.29 bits per heavy atom. The van der Waals surface area contributed by atoms with Crippen LogP contribution in [0.2, 0.25) is 0 Å². The van der Waals surface area contributed by atoms with Crippen molar-refractivity contribution in [3.05, 3.63) is 5.82 Å². The minimum absolute atomic E-state index is 0.367. The zero-order chi connectivity index (χ0) is 14.3. The quantitative estimate of drug-likeness (QED) is 0.922. The molecule has 1 aromatic rings. The Morgan fingerprint density at radius 3 is 2.81 bits per heavy atom. The summed E-state index contributed by atoms with van der Waals surface area (Å²) in [7, 11) is 0. The van der Waals surface area contributed by atoms with Crippen molar-refractivity contribution >= 4 is 5.91 Å². The van der Waals surface area contributed by atoms with Crippen LogP contribution in [0.1, 0.15) is 63.1 Å². The highest BCUT2D eigenvalue weighted by molar-refractivity contribution is 5.77. The van der Waals surface area contributed by atoms with E-state index in [1.165, 1.54) is 32.1 Å². The first-order chi connectivity index (χ1) is 10.2. The molecule has 0 bridgehead atoms. The van der Waals surface area contributed by atoms with Crippen LogP contribution in [0.25, 0.3) is 0 Å². The number of likely N-dealkylation sites (tertiary alicyclic amines) is 1. The molecule has 2 aliphatic carbocycles. The van der Waals surface area contributed by atoms with Gasteiger partial charge in [0.2, 0.25) is 5.91 Å². The number of nitrogens with one attached hydrogen (secondary N) is 1. The lowest BCUT2D eigenvalue weighted by Gasteiger charge is -2.56. The first-order valence-corrected chi connectivity index (χ1v) is 8.25. The normalized spacial score (nSPS) is 30.8. The van der Waals surface area contributed by atoms with Crippen molar-refractivity contribution in [2.75, 3.05) is 13.1 Å². The summed E-state index contributed by atoms with van der Waals surface area (Å²) in [6.45, 7) is 2.04. The van der Waals surface area contributed by atoms with Gasteiger partial charge >= 0.3 is 0 Å². The molecule has 4 rings (SSSR count). The van der Waals surface area contributed by atoms with Gasteiger partial charge in [-0.05, 0) is 38.0 Å². The second-order valence-corrected chi connectivity index (χ2v) is 7.31. The van der Waals surface area contributed by atoms with E-state index in [9.17, 15) is 4.79 Å². The number of hydrogen-bond donors (Lipinski definition) is 1. The molecule has 3 aliphatic rings. The second-order valence-electron chi connectivity index (χ2n) is 7.31. The molecule has 0 aromatic carbocycles. The van der Waals surface area contributed by atoms with Gasteiger partial charge in [0.15, 0.2) is 5.82 Å². The maximum atomic E-state index is 12.4. The summed E-state index contributed by atoms with van der Waals surface area (Å²) >= 11 is 0. The Balaban J connectivity index is 1.29. The summed E-state index contributed by atoms with van der Waals surface area (Å²) in [5.74, 6) is 2.06. The van der Waals surface area contributed by atoms with Crippen LogP contribution in [-0.2, 0) is 4.79 Å². The summed E-state index contributed by atoms with van der Waals surface area (Å²) in [5.41, 5.74) is 0.537. The molecule has 1 N–H and O–H groups in total. The zero-order valence-corrected chi connectivity index (χ0v) is 12.4. The van der Waals surface area contributed by atoms with E-state index in [0.717, 1.165) is 31.8 Å². The second kappa shape index (κ2) is 5.07. The molecule has 1 amide bonds. The maximum absolute atomic E-state index is 12.4. The lowest BCUT2D eigenvalue weighted by atomic mass is 9.63. The monoisotopic (exact) mass is 289 g/mol. The van der Waals surface area contributed by atoms with Gasteiger partial charge in [0.25, 0.3) is 0 Å². The molecule has 21 heavy (non-hydrogen) atoms. The topological polar surface area (TPSA) is 74.8 Å². The molecule has 114 valence electrons. The number of hydrogen-bond acceptors (Lipinski definition) is 4. The molecular weight excluding hydrogens is 266 g/mol.